The number of thiophene rings is 1. The molecule has 28 heavy (non-hydrogen) atoms. The minimum absolute atomic E-state index is 0.00296. The zero-order valence-electron chi connectivity index (χ0n) is 16.4. The molecule has 0 spiro atoms. The maximum absolute atomic E-state index is 12.9. The summed E-state index contributed by atoms with van der Waals surface area (Å²) in [4.78, 5) is 28.3. The first-order valence-corrected chi connectivity index (χ1v) is 10.8. The van der Waals surface area contributed by atoms with E-state index in [1.54, 1.807) is 17.4 Å². The highest BCUT2D eigenvalue weighted by atomic mass is 32.1. The van der Waals surface area contributed by atoms with Gasteiger partial charge in [-0.15, -0.1) is 11.3 Å². The van der Waals surface area contributed by atoms with Crippen molar-refractivity contribution in [3.8, 4) is 0 Å². The minimum Gasteiger partial charge on any atom is -0.381 e. The van der Waals surface area contributed by atoms with Gasteiger partial charge in [0.2, 0.25) is 5.91 Å². The molecule has 150 valence electrons. The third-order valence-corrected chi connectivity index (χ3v) is 5.91. The molecule has 0 saturated carbocycles. The van der Waals surface area contributed by atoms with Crippen molar-refractivity contribution < 1.29 is 14.3 Å². The van der Waals surface area contributed by atoms with Gasteiger partial charge in [0.25, 0.3) is 5.91 Å². The summed E-state index contributed by atoms with van der Waals surface area (Å²) in [6.07, 6.45) is 3.21. The fourth-order valence-corrected chi connectivity index (χ4v) is 4.16. The molecule has 1 aromatic heterocycles. The van der Waals surface area contributed by atoms with Crippen LogP contribution in [-0.4, -0.2) is 43.0 Å². The molecule has 3 rings (SSSR count). The Balaban J connectivity index is 1.53. The van der Waals surface area contributed by atoms with E-state index in [0.29, 0.717) is 36.7 Å². The first kappa shape index (κ1) is 20.6. The van der Waals surface area contributed by atoms with Gasteiger partial charge in [0.15, 0.2) is 0 Å². The summed E-state index contributed by atoms with van der Waals surface area (Å²) in [7, 11) is 0. The van der Waals surface area contributed by atoms with E-state index in [1.807, 2.05) is 36.1 Å². The molecule has 1 aromatic carbocycles. The van der Waals surface area contributed by atoms with E-state index >= 15 is 0 Å². The predicted octanol–water partition coefficient (Wildman–Crippen LogP) is 4.21. The first-order valence-electron chi connectivity index (χ1n) is 9.95. The number of aryl methyl sites for hydroxylation is 1. The van der Waals surface area contributed by atoms with E-state index in [4.69, 9.17) is 4.74 Å². The van der Waals surface area contributed by atoms with Crippen LogP contribution < -0.4 is 5.32 Å². The van der Waals surface area contributed by atoms with Crippen molar-refractivity contribution in [2.24, 2.45) is 5.92 Å². The molecule has 2 heterocycles. The lowest BCUT2D eigenvalue weighted by Crippen LogP contribution is -2.35. The molecule has 1 aliphatic heterocycles. The van der Waals surface area contributed by atoms with Gasteiger partial charge in [-0.3, -0.25) is 9.59 Å². The minimum atomic E-state index is -0.0170. The Bertz CT molecular complexity index is 770. The van der Waals surface area contributed by atoms with Crippen LogP contribution in [0.5, 0.6) is 0 Å². The van der Waals surface area contributed by atoms with Crippen LogP contribution in [0.15, 0.2) is 41.8 Å². The SMILES string of the molecule is CCN(CC1CCOC1)C(=O)c1cccc(NC(=O)CCCc2cccs2)c1. The van der Waals surface area contributed by atoms with Crippen LogP contribution in [0.2, 0.25) is 0 Å². The van der Waals surface area contributed by atoms with E-state index in [1.165, 1.54) is 4.88 Å². The Morgan fingerprint density at radius 2 is 2.18 bits per heavy atom. The van der Waals surface area contributed by atoms with E-state index in [0.717, 1.165) is 32.5 Å². The topological polar surface area (TPSA) is 58.6 Å². The summed E-state index contributed by atoms with van der Waals surface area (Å²) in [5, 5.41) is 4.97. The van der Waals surface area contributed by atoms with Crippen LogP contribution in [0, 0.1) is 5.92 Å². The molecule has 2 amide bonds. The van der Waals surface area contributed by atoms with Crippen LogP contribution in [0.1, 0.15) is 41.4 Å². The highest BCUT2D eigenvalue weighted by Gasteiger charge is 2.22. The van der Waals surface area contributed by atoms with Gasteiger partial charge >= 0.3 is 0 Å². The quantitative estimate of drug-likeness (QED) is 0.686. The Morgan fingerprint density at radius 3 is 2.89 bits per heavy atom. The van der Waals surface area contributed by atoms with E-state index in [2.05, 4.69) is 16.8 Å². The van der Waals surface area contributed by atoms with Crippen molar-refractivity contribution >= 4 is 28.8 Å². The average Bonchev–Trinajstić information content (AvgIpc) is 3.40. The average molecular weight is 401 g/mol. The number of ether oxygens (including phenoxy) is 1. The van der Waals surface area contributed by atoms with Crippen LogP contribution in [-0.2, 0) is 16.0 Å². The Morgan fingerprint density at radius 1 is 1.29 bits per heavy atom. The highest BCUT2D eigenvalue weighted by Crippen LogP contribution is 2.18. The van der Waals surface area contributed by atoms with Gasteiger partial charge in [0.1, 0.15) is 0 Å². The number of hydrogen-bond donors (Lipinski definition) is 1. The summed E-state index contributed by atoms with van der Waals surface area (Å²) in [5.41, 5.74) is 1.28. The number of carbonyl (C=O) groups is 2. The number of amides is 2. The third kappa shape index (κ3) is 5.91. The largest absolute Gasteiger partial charge is 0.381 e. The van der Waals surface area contributed by atoms with Gasteiger partial charge in [0, 0.05) is 48.2 Å². The number of hydrogen-bond acceptors (Lipinski definition) is 4. The monoisotopic (exact) mass is 400 g/mol. The Labute approximate surface area is 170 Å². The zero-order chi connectivity index (χ0) is 19.8. The normalized spacial score (nSPS) is 16.1. The second-order valence-electron chi connectivity index (χ2n) is 7.14. The van der Waals surface area contributed by atoms with Gasteiger partial charge in [-0.1, -0.05) is 12.1 Å². The molecule has 0 aliphatic carbocycles. The van der Waals surface area contributed by atoms with Crippen molar-refractivity contribution in [2.75, 3.05) is 31.6 Å². The highest BCUT2D eigenvalue weighted by molar-refractivity contribution is 7.09. The van der Waals surface area contributed by atoms with E-state index in [9.17, 15) is 9.59 Å². The number of anilines is 1. The Hall–Kier alpha value is -2.18. The number of nitrogens with zero attached hydrogens (tertiary/aromatic N) is 1. The predicted molar refractivity (Wildman–Crippen MR) is 113 cm³/mol. The van der Waals surface area contributed by atoms with Crippen LogP contribution in [0.4, 0.5) is 5.69 Å². The first-order chi connectivity index (χ1) is 13.7. The van der Waals surface area contributed by atoms with Crippen molar-refractivity contribution in [3.05, 3.63) is 52.2 Å². The number of rotatable bonds is 9. The molecule has 1 aliphatic rings. The molecule has 1 saturated heterocycles. The standard InChI is InChI=1S/C22H28N2O3S/c1-2-24(15-17-11-12-27-16-17)22(26)18-6-3-7-19(14-18)23-21(25)10-4-8-20-9-5-13-28-20/h3,5-7,9,13-14,17H,2,4,8,10-12,15-16H2,1H3,(H,23,25). The lowest BCUT2D eigenvalue weighted by molar-refractivity contribution is -0.116. The van der Waals surface area contributed by atoms with Gasteiger partial charge < -0.3 is 15.0 Å². The molecule has 1 unspecified atom stereocenters. The molecule has 2 aromatic rings. The smallest absolute Gasteiger partial charge is 0.253 e. The van der Waals surface area contributed by atoms with Gasteiger partial charge in [-0.2, -0.15) is 0 Å². The molecule has 1 atom stereocenters. The number of carbonyl (C=O) groups excluding carboxylic acids is 2. The molecule has 1 fully saturated rings. The maximum Gasteiger partial charge on any atom is 0.253 e. The molecular weight excluding hydrogens is 372 g/mol. The number of nitrogens with one attached hydrogen (secondary N) is 1. The van der Waals surface area contributed by atoms with Gasteiger partial charge in [-0.05, 0) is 55.8 Å². The van der Waals surface area contributed by atoms with Gasteiger partial charge in [0.05, 0.1) is 6.61 Å². The molecule has 0 radical (unpaired) electrons. The second-order valence-corrected chi connectivity index (χ2v) is 8.17. The van der Waals surface area contributed by atoms with Crippen LogP contribution >= 0.6 is 11.3 Å². The molecule has 0 bridgehead atoms. The summed E-state index contributed by atoms with van der Waals surface area (Å²) < 4.78 is 5.42. The fraction of sp³-hybridized carbons (Fsp3) is 0.455. The van der Waals surface area contributed by atoms with Crippen LogP contribution in [0.25, 0.3) is 0 Å². The number of benzene rings is 1. The van der Waals surface area contributed by atoms with Gasteiger partial charge in [-0.25, -0.2) is 0 Å². The molecule has 5 nitrogen and oxygen atoms in total. The van der Waals surface area contributed by atoms with Crippen LogP contribution in [0.3, 0.4) is 0 Å². The second kappa shape index (κ2) is 10.4. The lowest BCUT2D eigenvalue weighted by Gasteiger charge is -2.24. The summed E-state index contributed by atoms with van der Waals surface area (Å²) in [5.74, 6) is 0.398. The Kier molecular flexibility index (Phi) is 7.62. The summed E-state index contributed by atoms with van der Waals surface area (Å²) >= 11 is 1.72. The van der Waals surface area contributed by atoms with Crippen molar-refractivity contribution in [2.45, 2.75) is 32.6 Å². The molecular formula is C22H28N2O3S. The lowest BCUT2D eigenvalue weighted by atomic mass is 10.1. The zero-order valence-corrected chi connectivity index (χ0v) is 17.2. The maximum atomic E-state index is 12.9. The summed E-state index contributed by atoms with van der Waals surface area (Å²) in [6, 6.07) is 11.3. The molecule has 6 heteroatoms. The fourth-order valence-electron chi connectivity index (χ4n) is 3.41. The molecule has 1 N–H and O–H groups in total. The van der Waals surface area contributed by atoms with Crippen molar-refractivity contribution in [1.29, 1.82) is 0 Å². The van der Waals surface area contributed by atoms with E-state index in [-0.39, 0.29) is 11.8 Å². The van der Waals surface area contributed by atoms with Crippen molar-refractivity contribution in [3.63, 3.8) is 0 Å². The summed E-state index contributed by atoms with van der Waals surface area (Å²) in [6.45, 7) is 4.88. The van der Waals surface area contributed by atoms with E-state index < -0.39 is 0 Å². The van der Waals surface area contributed by atoms with Crippen molar-refractivity contribution in [1.82, 2.24) is 4.90 Å². The third-order valence-electron chi connectivity index (χ3n) is 4.97.